The molecule has 0 bridgehead atoms. The van der Waals surface area contributed by atoms with Crippen molar-refractivity contribution in [2.24, 2.45) is 0 Å². The van der Waals surface area contributed by atoms with Crippen molar-refractivity contribution in [1.29, 1.82) is 0 Å². The molecule has 1 aromatic carbocycles. The van der Waals surface area contributed by atoms with Crippen LogP contribution >= 0.6 is 0 Å². The molecule has 6 heteroatoms. The lowest BCUT2D eigenvalue weighted by Gasteiger charge is -2.15. The number of β-amino-alcohol motifs (C(OH)–C–C–N with tert-alkyl or cyclic N) is 2. The van der Waals surface area contributed by atoms with Gasteiger partial charge in [-0.25, -0.2) is 0 Å². The zero-order chi connectivity index (χ0) is 14.5. The van der Waals surface area contributed by atoms with Gasteiger partial charge in [0.2, 0.25) is 5.91 Å². The average molecular weight is 280 g/mol. The van der Waals surface area contributed by atoms with Gasteiger partial charge in [0.1, 0.15) is 5.75 Å². The van der Waals surface area contributed by atoms with Crippen molar-refractivity contribution < 1.29 is 19.7 Å². The first-order chi connectivity index (χ1) is 9.60. The monoisotopic (exact) mass is 280 g/mol. The fourth-order valence-electron chi connectivity index (χ4n) is 2.22. The Kier molecular flexibility index (Phi) is 4.94. The number of aliphatic hydroxyl groups excluding tert-OH is 2. The Morgan fingerprint density at radius 2 is 2.00 bits per heavy atom. The first-order valence-electron chi connectivity index (χ1n) is 6.70. The maximum atomic E-state index is 12.0. The Labute approximate surface area is 118 Å². The third-order valence-electron chi connectivity index (χ3n) is 3.16. The van der Waals surface area contributed by atoms with Gasteiger partial charge in [-0.15, -0.1) is 0 Å². The number of amides is 1. The molecule has 0 spiro atoms. The summed E-state index contributed by atoms with van der Waals surface area (Å²) in [4.78, 5) is 13.7. The van der Waals surface area contributed by atoms with Crippen LogP contribution < -0.4 is 10.1 Å². The molecule has 1 aliphatic rings. The van der Waals surface area contributed by atoms with Gasteiger partial charge in [-0.2, -0.15) is 0 Å². The number of hydrogen-bond acceptors (Lipinski definition) is 5. The molecule has 0 aromatic heterocycles. The quantitative estimate of drug-likeness (QED) is 0.710. The lowest BCUT2D eigenvalue weighted by molar-refractivity contribution is -0.117. The van der Waals surface area contributed by atoms with Gasteiger partial charge in [0.25, 0.3) is 0 Å². The number of ether oxygens (including phenoxy) is 1. The molecule has 2 rings (SSSR count). The van der Waals surface area contributed by atoms with Crippen LogP contribution in [0.1, 0.15) is 6.92 Å². The molecular weight excluding hydrogens is 260 g/mol. The minimum atomic E-state index is -0.779. The van der Waals surface area contributed by atoms with Crippen LogP contribution in [-0.4, -0.2) is 59.5 Å². The smallest absolute Gasteiger partial charge is 0.238 e. The number of benzene rings is 1. The number of aliphatic hydroxyl groups is 2. The van der Waals surface area contributed by atoms with E-state index in [-0.39, 0.29) is 12.5 Å². The predicted octanol–water partition coefficient (Wildman–Crippen LogP) is 0.0612. The second-order valence-electron chi connectivity index (χ2n) is 4.81. The summed E-state index contributed by atoms with van der Waals surface area (Å²) in [5.41, 5.74) is 0.625. The lowest BCUT2D eigenvalue weighted by Crippen LogP contribution is -2.32. The summed E-state index contributed by atoms with van der Waals surface area (Å²) >= 11 is 0. The fourth-order valence-corrected chi connectivity index (χ4v) is 2.22. The molecule has 0 unspecified atom stereocenters. The Balaban J connectivity index is 1.92. The SMILES string of the molecule is CCOc1ccccc1NC(=O)CN1C[C@@H](O)[C@@H](O)C1. The molecule has 1 aromatic rings. The second kappa shape index (κ2) is 6.69. The largest absolute Gasteiger partial charge is 0.492 e. The molecule has 3 N–H and O–H groups in total. The third kappa shape index (κ3) is 3.69. The summed E-state index contributed by atoms with van der Waals surface area (Å²) in [5, 5.41) is 21.7. The summed E-state index contributed by atoms with van der Waals surface area (Å²) in [7, 11) is 0. The zero-order valence-electron chi connectivity index (χ0n) is 11.5. The zero-order valence-corrected chi connectivity index (χ0v) is 11.5. The van der Waals surface area contributed by atoms with Gasteiger partial charge < -0.3 is 20.3 Å². The number of likely N-dealkylation sites (tertiary alicyclic amines) is 1. The molecule has 0 aliphatic carbocycles. The highest BCUT2D eigenvalue weighted by Gasteiger charge is 2.30. The topological polar surface area (TPSA) is 82.0 Å². The number of rotatable bonds is 5. The van der Waals surface area contributed by atoms with E-state index in [9.17, 15) is 15.0 Å². The maximum Gasteiger partial charge on any atom is 0.238 e. The molecule has 1 aliphatic heterocycles. The van der Waals surface area contributed by atoms with E-state index < -0.39 is 12.2 Å². The van der Waals surface area contributed by atoms with Gasteiger partial charge in [0.05, 0.1) is 31.0 Å². The van der Waals surface area contributed by atoms with Gasteiger partial charge in [0.15, 0.2) is 0 Å². The van der Waals surface area contributed by atoms with Gasteiger partial charge in [-0.3, -0.25) is 9.69 Å². The van der Waals surface area contributed by atoms with E-state index >= 15 is 0 Å². The summed E-state index contributed by atoms with van der Waals surface area (Å²) in [5.74, 6) is 0.434. The molecule has 1 saturated heterocycles. The number of hydrogen-bond donors (Lipinski definition) is 3. The summed E-state index contributed by atoms with van der Waals surface area (Å²) < 4.78 is 5.43. The first-order valence-corrected chi connectivity index (χ1v) is 6.70. The highest BCUT2D eigenvalue weighted by Crippen LogP contribution is 2.23. The van der Waals surface area contributed by atoms with Crippen molar-refractivity contribution in [1.82, 2.24) is 4.90 Å². The first kappa shape index (κ1) is 14.8. The van der Waals surface area contributed by atoms with E-state index in [1.807, 2.05) is 19.1 Å². The average Bonchev–Trinajstić information content (AvgIpc) is 2.70. The van der Waals surface area contributed by atoms with Crippen LogP contribution in [0.2, 0.25) is 0 Å². The molecule has 0 radical (unpaired) electrons. The van der Waals surface area contributed by atoms with E-state index in [0.29, 0.717) is 31.1 Å². The number of anilines is 1. The van der Waals surface area contributed by atoms with Crippen molar-refractivity contribution in [2.45, 2.75) is 19.1 Å². The molecule has 0 saturated carbocycles. The number of nitrogens with zero attached hydrogens (tertiary/aromatic N) is 1. The van der Waals surface area contributed by atoms with E-state index in [1.54, 1.807) is 17.0 Å². The summed E-state index contributed by atoms with van der Waals surface area (Å²) in [6.07, 6.45) is -1.56. The van der Waals surface area contributed by atoms with Crippen LogP contribution in [0.4, 0.5) is 5.69 Å². The minimum absolute atomic E-state index is 0.134. The highest BCUT2D eigenvalue weighted by atomic mass is 16.5. The van der Waals surface area contributed by atoms with E-state index in [0.717, 1.165) is 0 Å². The number of carbonyl (C=O) groups is 1. The Morgan fingerprint density at radius 3 is 2.65 bits per heavy atom. The Hall–Kier alpha value is -1.63. The molecule has 1 fully saturated rings. The number of nitrogens with one attached hydrogen (secondary N) is 1. The van der Waals surface area contributed by atoms with Crippen molar-refractivity contribution in [3.05, 3.63) is 24.3 Å². The standard InChI is InChI=1S/C14H20N2O4/c1-2-20-13-6-4-3-5-10(13)15-14(19)9-16-7-11(17)12(18)8-16/h3-6,11-12,17-18H,2,7-9H2,1H3,(H,15,19)/t11-,12+. The minimum Gasteiger partial charge on any atom is -0.492 e. The molecule has 1 heterocycles. The van der Waals surface area contributed by atoms with Crippen LogP contribution in [0.5, 0.6) is 5.75 Å². The number of para-hydroxylation sites is 2. The molecule has 20 heavy (non-hydrogen) atoms. The Morgan fingerprint density at radius 1 is 1.35 bits per heavy atom. The van der Waals surface area contributed by atoms with Crippen molar-refractivity contribution in [3.63, 3.8) is 0 Å². The van der Waals surface area contributed by atoms with E-state index in [4.69, 9.17) is 4.74 Å². The summed E-state index contributed by atoms with van der Waals surface area (Å²) in [6.45, 7) is 3.15. The van der Waals surface area contributed by atoms with Crippen LogP contribution in [0.25, 0.3) is 0 Å². The molecule has 2 atom stereocenters. The van der Waals surface area contributed by atoms with Crippen LogP contribution in [0.3, 0.4) is 0 Å². The van der Waals surface area contributed by atoms with Crippen molar-refractivity contribution >= 4 is 11.6 Å². The predicted molar refractivity (Wildman–Crippen MR) is 74.7 cm³/mol. The van der Waals surface area contributed by atoms with E-state index in [1.165, 1.54) is 0 Å². The fraction of sp³-hybridized carbons (Fsp3) is 0.500. The lowest BCUT2D eigenvalue weighted by atomic mass is 10.3. The van der Waals surface area contributed by atoms with Gasteiger partial charge in [0, 0.05) is 13.1 Å². The number of carbonyl (C=O) groups excluding carboxylic acids is 1. The van der Waals surface area contributed by atoms with Crippen LogP contribution in [-0.2, 0) is 4.79 Å². The van der Waals surface area contributed by atoms with Crippen molar-refractivity contribution in [3.8, 4) is 5.75 Å². The highest BCUT2D eigenvalue weighted by molar-refractivity contribution is 5.93. The Bertz CT molecular complexity index is 456. The second-order valence-corrected chi connectivity index (χ2v) is 4.81. The molecule has 1 amide bonds. The molecule has 6 nitrogen and oxygen atoms in total. The summed E-state index contributed by atoms with van der Waals surface area (Å²) in [6, 6.07) is 7.23. The van der Waals surface area contributed by atoms with Crippen LogP contribution in [0, 0.1) is 0 Å². The molecular formula is C14H20N2O4. The van der Waals surface area contributed by atoms with E-state index in [2.05, 4.69) is 5.32 Å². The van der Waals surface area contributed by atoms with Crippen molar-refractivity contribution in [2.75, 3.05) is 31.6 Å². The van der Waals surface area contributed by atoms with Gasteiger partial charge in [-0.1, -0.05) is 12.1 Å². The third-order valence-corrected chi connectivity index (χ3v) is 3.16. The maximum absolute atomic E-state index is 12.0. The van der Waals surface area contributed by atoms with Crippen LogP contribution in [0.15, 0.2) is 24.3 Å². The van der Waals surface area contributed by atoms with Gasteiger partial charge >= 0.3 is 0 Å². The molecule has 110 valence electrons. The normalized spacial score (nSPS) is 22.8. The van der Waals surface area contributed by atoms with Gasteiger partial charge in [-0.05, 0) is 19.1 Å².